The number of halogens is 3. The fourth-order valence-electron chi connectivity index (χ4n) is 8.28. The maximum atomic E-state index is 14.8. The first-order valence-electron chi connectivity index (χ1n) is 15.1. The van der Waals surface area contributed by atoms with Crippen LogP contribution in [0.25, 0.3) is 0 Å². The Labute approximate surface area is 254 Å². The summed E-state index contributed by atoms with van der Waals surface area (Å²) in [5, 5.41) is 4.35. The van der Waals surface area contributed by atoms with Crippen LogP contribution in [0.2, 0.25) is 0 Å². The Bertz CT molecular complexity index is 1810. The number of benzene rings is 3. The molecule has 3 aromatic carbocycles. The van der Waals surface area contributed by atoms with Crippen molar-refractivity contribution >= 4 is 0 Å². The maximum absolute atomic E-state index is 14.8. The lowest BCUT2D eigenvalue weighted by molar-refractivity contribution is -0.142. The number of hydrogen-bond donors (Lipinski definition) is 0. The molecule has 5 aromatic rings. The van der Waals surface area contributed by atoms with Gasteiger partial charge < -0.3 is 0 Å². The first-order chi connectivity index (χ1) is 20.9. The van der Waals surface area contributed by atoms with E-state index in [0.717, 1.165) is 40.8 Å². The number of nitrogens with zero attached hydrogens (tertiary/aromatic N) is 4. The van der Waals surface area contributed by atoms with Gasteiger partial charge in [0.05, 0.1) is 12.2 Å². The summed E-state index contributed by atoms with van der Waals surface area (Å²) in [5.74, 6) is 0.0918. The topological polar surface area (TPSA) is 44.8 Å². The number of rotatable bonds is 6. The van der Waals surface area contributed by atoms with Gasteiger partial charge in [0.1, 0.15) is 5.54 Å². The van der Waals surface area contributed by atoms with Gasteiger partial charge in [-0.2, -0.15) is 18.3 Å². The molecule has 1 fully saturated rings. The molecule has 5 nitrogen and oxygen atoms in total. The molecule has 0 amide bonds. The molecule has 8 heteroatoms. The van der Waals surface area contributed by atoms with Crippen LogP contribution in [-0.2, 0) is 30.7 Å². The highest BCUT2D eigenvalue weighted by Gasteiger charge is 2.62. The lowest BCUT2D eigenvalue weighted by Crippen LogP contribution is -2.38. The summed E-state index contributed by atoms with van der Waals surface area (Å²) in [7, 11) is 1.81. The van der Waals surface area contributed by atoms with Gasteiger partial charge >= 0.3 is 6.18 Å². The molecular formula is C36H35F3N4O. The van der Waals surface area contributed by atoms with Gasteiger partial charge in [0.15, 0.2) is 5.69 Å². The quantitative estimate of drug-likeness (QED) is 0.191. The lowest BCUT2D eigenvalue weighted by Gasteiger charge is -2.36. The van der Waals surface area contributed by atoms with E-state index in [4.69, 9.17) is 0 Å². The summed E-state index contributed by atoms with van der Waals surface area (Å²) >= 11 is 0. The molecule has 2 aromatic heterocycles. The Balaban J connectivity index is 1.47. The van der Waals surface area contributed by atoms with Crippen molar-refractivity contribution in [3.63, 3.8) is 0 Å². The van der Waals surface area contributed by atoms with Gasteiger partial charge in [0, 0.05) is 29.8 Å². The van der Waals surface area contributed by atoms with Gasteiger partial charge in [-0.1, -0.05) is 112 Å². The summed E-state index contributed by atoms with van der Waals surface area (Å²) in [6.45, 7) is 6.36. The Hall–Kier alpha value is -4.33. The van der Waals surface area contributed by atoms with Gasteiger partial charge in [0.25, 0.3) is 5.56 Å². The molecule has 2 unspecified atom stereocenters. The molecular weight excluding hydrogens is 561 g/mol. The second-order valence-electron chi connectivity index (χ2n) is 13.0. The van der Waals surface area contributed by atoms with Crippen LogP contribution in [0.4, 0.5) is 13.2 Å². The average Bonchev–Trinajstić information content (AvgIpc) is 3.67. The minimum absolute atomic E-state index is 0.0530. The van der Waals surface area contributed by atoms with Crippen molar-refractivity contribution in [2.75, 3.05) is 0 Å². The number of alkyl halides is 3. The summed E-state index contributed by atoms with van der Waals surface area (Å²) in [6, 6.07) is 28.4. The monoisotopic (exact) mass is 596 g/mol. The van der Waals surface area contributed by atoms with E-state index in [1.807, 2.05) is 103 Å². The first-order valence-corrected chi connectivity index (χ1v) is 15.1. The summed E-state index contributed by atoms with van der Waals surface area (Å²) in [4.78, 5) is 14.0. The van der Waals surface area contributed by atoms with Crippen molar-refractivity contribution in [3.8, 4) is 0 Å². The van der Waals surface area contributed by atoms with E-state index in [2.05, 4.69) is 25.9 Å². The SMILES string of the molecule is Cn1c2c(c(=O)n1Cc1cn(C(c3ccccc3)(c3ccccc3)c3ccccc3)nc1C(F)(F)F)C1CCC2(C)C1(C)C. The van der Waals surface area contributed by atoms with Crippen molar-refractivity contribution in [2.24, 2.45) is 12.5 Å². The smallest absolute Gasteiger partial charge is 0.289 e. The molecule has 7 rings (SSSR count). The van der Waals surface area contributed by atoms with E-state index >= 15 is 0 Å². The van der Waals surface area contributed by atoms with Gasteiger partial charge in [-0.25, -0.2) is 4.68 Å². The predicted octanol–water partition coefficient (Wildman–Crippen LogP) is 7.47. The fourth-order valence-corrected chi connectivity index (χ4v) is 8.28. The number of hydrogen-bond acceptors (Lipinski definition) is 2. The van der Waals surface area contributed by atoms with Gasteiger partial charge in [-0.05, 0) is 40.9 Å². The molecule has 2 bridgehead atoms. The second kappa shape index (κ2) is 9.58. The molecule has 1 saturated carbocycles. The molecule has 2 heterocycles. The largest absolute Gasteiger partial charge is 0.435 e. The summed E-state index contributed by atoms with van der Waals surface area (Å²) in [5.41, 5.74) is 1.25. The zero-order chi connectivity index (χ0) is 31.1. The number of fused-ring (bicyclic) bond motifs is 5. The summed E-state index contributed by atoms with van der Waals surface area (Å²) in [6.07, 6.45) is -1.38. The predicted molar refractivity (Wildman–Crippen MR) is 164 cm³/mol. The average molecular weight is 597 g/mol. The molecule has 226 valence electrons. The molecule has 0 radical (unpaired) electrons. The fraction of sp³-hybridized carbons (Fsp3) is 0.333. The van der Waals surface area contributed by atoms with E-state index in [9.17, 15) is 18.0 Å². The highest BCUT2D eigenvalue weighted by molar-refractivity contribution is 5.51. The van der Waals surface area contributed by atoms with Crippen LogP contribution in [0.1, 0.15) is 78.7 Å². The molecule has 44 heavy (non-hydrogen) atoms. The van der Waals surface area contributed by atoms with Gasteiger partial charge in [0.2, 0.25) is 0 Å². The van der Waals surface area contributed by atoms with E-state index in [0.29, 0.717) is 0 Å². The molecule has 2 aliphatic carbocycles. The molecule has 2 atom stereocenters. The van der Waals surface area contributed by atoms with Crippen molar-refractivity contribution in [3.05, 3.63) is 147 Å². The third-order valence-electron chi connectivity index (χ3n) is 10.8. The molecule has 0 N–H and O–H groups in total. The molecule has 2 aliphatic rings. The van der Waals surface area contributed by atoms with E-state index in [1.54, 1.807) is 0 Å². The third kappa shape index (κ3) is 3.72. The van der Waals surface area contributed by atoms with Crippen molar-refractivity contribution < 1.29 is 13.2 Å². The Kier molecular flexibility index (Phi) is 6.19. The highest BCUT2D eigenvalue weighted by atomic mass is 19.4. The molecule has 0 aliphatic heterocycles. The Morgan fingerprint density at radius 1 is 0.841 bits per heavy atom. The highest BCUT2D eigenvalue weighted by Crippen LogP contribution is 2.66. The first kappa shape index (κ1) is 28.4. The van der Waals surface area contributed by atoms with E-state index < -0.39 is 17.4 Å². The van der Waals surface area contributed by atoms with Crippen molar-refractivity contribution in [1.29, 1.82) is 0 Å². The Morgan fingerprint density at radius 2 is 1.34 bits per heavy atom. The van der Waals surface area contributed by atoms with Crippen LogP contribution in [0.3, 0.4) is 0 Å². The standard InChI is InChI=1S/C36H35F3N4O/c1-33(2)28-20-21-34(33,3)31-29(28)32(44)42(41(31)4)22-24-23-43(40-30(24)36(37,38)39)35(25-14-8-5-9-15-25,26-16-10-6-11-17-26)27-18-12-7-13-19-27/h5-19,23,28H,20-22H2,1-4H3. The van der Waals surface area contributed by atoms with Crippen LogP contribution >= 0.6 is 0 Å². The van der Waals surface area contributed by atoms with Crippen LogP contribution in [-0.4, -0.2) is 19.1 Å². The van der Waals surface area contributed by atoms with Crippen LogP contribution in [0.15, 0.2) is 102 Å². The maximum Gasteiger partial charge on any atom is 0.435 e. The second-order valence-corrected chi connectivity index (χ2v) is 13.0. The normalized spacial score (nSPS) is 20.7. The minimum Gasteiger partial charge on any atom is -0.289 e. The molecule has 0 spiro atoms. The van der Waals surface area contributed by atoms with Gasteiger partial charge in [-0.15, -0.1) is 0 Å². The zero-order valence-electron chi connectivity index (χ0n) is 25.3. The zero-order valence-corrected chi connectivity index (χ0v) is 25.3. The number of aromatic nitrogens is 4. The minimum atomic E-state index is -4.74. The van der Waals surface area contributed by atoms with E-state index in [-0.39, 0.29) is 34.4 Å². The van der Waals surface area contributed by atoms with E-state index in [1.165, 1.54) is 15.6 Å². The third-order valence-corrected chi connectivity index (χ3v) is 10.8. The summed E-state index contributed by atoms with van der Waals surface area (Å²) < 4.78 is 49.3. The van der Waals surface area contributed by atoms with Gasteiger partial charge in [-0.3, -0.25) is 14.2 Å². The van der Waals surface area contributed by atoms with Crippen LogP contribution < -0.4 is 5.56 Å². The Morgan fingerprint density at radius 3 is 1.80 bits per heavy atom. The van der Waals surface area contributed by atoms with Crippen molar-refractivity contribution in [2.45, 2.75) is 63.2 Å². The molecule has 0 saturated heterocycles. The van der Waals surface area contributed by atoms with Crippen molar-refractivity contribution in [1.82, 2.24) is 19.1 Å². The van der Waals surface area contributed by atoms with Crippen LogP contribution in [0, 0.1) is 5.41 Å². The van der Waals surface area contributed by atoms with Crippen LogP contribution in [0.5, 0.6) is 0 Å². The lowest BCUT2D eigenvalue weighted by atomic mass is 9.70.